The lowest BCUT2D eigenvalue weighted by Crippen LogP contribution is -2.38. The minimum atomic E-state index is -0.732. The summed E-state index contributed by atoms with van der Waals surface area (Å²) in [6, 6.07) is 6.64. The molecule has 0 N–H and O–H groups in total. The van der Waals surface area contributed by atoms with E-state index in [4.69, 9.17) is 9.47 Å². The highest BCUT2D eigenvalue weighted by Crippen LogP contribution is 2.19. The second kappa shape index (κ2) is 7.44. The summed E-state index contributed by atoms with van der Waals surface area (Å²) in [7, 11) is 2.82. The van der Waals surface area contributed by atoms with E-state index in [-0.39, 0.29) is 6.54 Å². The van der Waals surface area contributed by atoms with Gasteiger partial charge in [0.05, 0.1) is 13.7 Å². The molecule has 6 nitrogen and oxygen atoms in total. The van der Waals surface area contributed by atoms with Crippen LogP contribution in [-0.4, -0.2) is 44.3 Å². The zero-order valence-corrected chi connectivity index (χ0v) is 12.4. The maximum absolute atomic E-state index is 13.6. The SMILES string of the molecule is CON=C(F)C1=CCCN(C(=O)Oc2ccc(OC)cc2)C1. The van der Waals surface area contributed by atoms with Gasteiger partial charge in [0, 0.05) is 12.1 Å². The molecule has 1 aromatic carbocycles. The number of nitrogens with zero attached hydrogens (tertiary/aromatic N) is 2. The maximum Gasteiger partial charge on any atom is 0.415 e. The highest BCUT2D eigenvalue weighted by atomic mass is 19.1. The van der Waals surface area contributed by atoms with Crippen LogP contribution in [0.3, 0.4) is 0 Å². The van der Waals surface area contributed by atoms with Crippen LogP contribution in [0.1, 0.15) is 6.42 Å². The summed E-state index contributed by atoms with van der Waals surface area (Å²) in [5, 5.41) is 3.23. The number of amides is 1. The molecule has 0 aliphatic carbocycles. The Morgan fingerprint density at radius 3 is 2.55 bits per heavy atom. The van der Waals surface area contributed by atoms with Crippen molar-refractivity contribution in [3.8, 4) is 11.5 Å². The molecule has 0 fully saturated rings. The van der Waals surface area contributed by atoms with E-state index in [1.54, 1.807) is 37.5 Å². The van der Waals surface area contributed by atoms with Gasteiger partial charge in [0.25, 0.3) is 5.97 Å². The summed E-state index contributed by atoms with van der Waals surface area (Å²) in [5.74, 6) is 0.332. The Labute approximate surface area is 127 Å². The number of rotatable bonds is 4. The van der Waals surface area contributed by atoms with Crippen molar-refractivity contribution in [1.29, 1.82) is 0 Å². The number of halogens is 1. The van der Waals surface area contributed by atoms with Gasteiger partial charge >= 0.3 is 6.09 Å². The van der Waals surface area contributed by atoms with Crippen LogP contribution in [0.25, 0.3) is 0 Å². The molecule has 0 saturated carbocycles. The fourth-order valence-corrected chi connectivity index (χ4v) is 2.00. The van der Waals surface area contributed by atoms with Crippen LogP contribution in [0.5, 0.6) is 11.5 Å². The van der Waals surface area contributed by atoms with Gasteiger partial charge in [-0.05, 0) is 30.7 Å². The number of ether oxygens (including phenoxy) is 2. The Morgan fingerprint density at radius 2 is 1.91 bits per heavy atom. The van der Waals surface area contributed by atoms with Crippen LogP contribution in [0, 0.1) is 0 Å². The lowest BCUT2D eigenvalue weighted by Gasteiger charge is -2.25. The molecule has 0 aromatic heterocycles. The fourth-order valence-electron chi connectivity index (χ4n) is 2.00. The highest BCUT2D eigenvalue weighted by molar-refractivity contribution is 5.93. The van der Waals surface area contributed by atoms with Crippen LogP contribution in [-0.2, 0) is 4.84 Å². The first-order valence-electron chi connectivity index (χ1n) is 6.71. The predicted molar refractivity (Wildman–Crippen MR) is 78.8 cm³/mol. The summed E-state index contributed by atoms with van der Waals surface area (Å²) in [6.07, 6.45) is 1.68. The number of oxime groups is 1. The molecule has 0 spiro atoms. The van der Waals surface area contributed by atoms with Gasteiger partial charge < -0.3 is 19.2 Å². The molecule has 1 aliphatic rings. The van der Waals surface area contributed by atoms with Crippen LogP contribution < -0.4 is 9.47 Å². The Balaban J connectivity index is 1.98. The van der Waals surface area contributed by atoms with Crippen LogP contribution in [0.2, 0.25) is 0 Å². The summed E-state index contributed by atoms with van der Waals surface area (Å²) < 4.78 is 23.9. The second-order valence-electron chi connectivity index (χ2n) is 4.55. The topological polar surface area (TPSA) is 60.4 Å². The molecular weight excluding hydrogens is 291 g/mol. The van der Waals surface area contributed by atoms with Gasteiger partial charge in [0.15, 0.2) is 0 Å². The molecule has 118 valence electrons. The van der Waals surface area contributed by atoms with Crippen molar-refractivity contribution >= 4 is 12.1 Å². The van der Waals surface area contributed by atoms with E-state index in [1.165, 1.54) is 12.0 Å². The zero-order valence-electron chi connectivity index (χ0n) is 12.4. The maximum atomic E-state index is 13.6. The molecule has 1 heterocycles. The number of carbonyl (C=O) groups excluding carboxylic acids is 1. The standard InChI is InChI=1S/C15H17FN2O4/c1-20-12-5-7-13(8-6-12)22-15(19)18-9-3-4-11(10-18)14(16)17-21-2/h4-8H,3,9-10H2,1-2H3. The van der Waals surface area contributed by atoms with Gasteiger partial charge in [-0.1, -0.05) is 11.2 Å². The van der Waals surface area contributed by atoms with Gasteiger partial charge in [-0.2, -0.15) is 4.39 Å². The summed E-state index contributed by atoms with van der Waals surface area (Å²) in [6.45, 7) is 0.548. The Hall–Kier alpha value is -2.57. The molecule has 0 unspecified atom stereocenters. The lowest BCUT2D eigenvalue weighted by atomic mass is 10.1. The lowest BCUT2D eigenvalue weighted by molar-refractivity contribution is 0.155. The third-order valence-electron chi connectivity index (χ3n) is 3.11. The van der Waals surface area contributed by atoms with Crippen LogP contribution in [0.15, 0.2) is 41.1 Å². The average molecular weight is 308 g/mol. The Kier molecular flexibility index (Phi) is 5.35. The van der Waals surface area contributed by atoms with Crippen molar-refractivity contribution in [1.82, 2.24) is 4.90 Å². The molecule has 1 aliphatic heterocycles. The Bertz CT molecular complexity index is 584. The fraction of sp³-hybridized carbons (Fsp3) is 0.333. The van der Waals surface area contributed by atoms with Gasteiger partial charge in [-0.25, -0.2) is 4.79 Å². The molecule has 22 heavy (non-hydrogen) atoms. The number of hydrogen-bond acceptors (Lipinski definition) is 5. The van der Waals surface area contributed by atoms with Gasteiger partial charge in [0.1, 0.15) is 18.6 Å². The van der Waals surface area contributed by atoms with E-state index in [1.807, 2.05) is 0 Å². The third-order valence-corrected chi connectivity index (χ3v) is 3.11. The van der Waals surface area contributed by atoms with Crippen molar-refractivity contribution in [3.63, 3.8) is 0 Å². The number of carbonyl (C=O) groups is 1. The first-order valence-corrected chi connectivity index (χ1v) is 6.71. The molecule has 0 radical (unpaired) electrons. The molecular formula is C15H17FN2O4. The van der Waals surface area contributed by atoms with Gasteiger partial charge in [-0.15, -0.1) is 0 Å². The predicted octanol–water partition coefficient (Wildman–Crippen LogP) is 2.76. The number of hydrogen-bond donors (Lipinski definition) is 0. The quantitative estimate of drug-likeness (QED) is 0.634. The van der Waals surface area contributed by atoms with Crippen molar-refractivity contribution < 1.29 is 23.5 Å². The first-order chi connectivity index (χ1) is 10.6. The minimum Gasteiger partial charge on any atom is -0.497 e. The van der Waals surface area contributed by atoms with Crippen molar-refractivity contribution in [2.45, 2.75) is 6.42 Å². The van der Waals surface area contributed by atoms with E-state index in [2.05, 4.69) is 9.99 Å². The zero-order chi connectivity index (χ0) is 15.9. The first kappa shape index (κ1) is 15.8. The molecule has 1 amide bonds. The van der Waals surface area contributed by atoms with Crippen molar-refractivity contribution in [2.75, 3.05) is 27.3 Å². The molecule has 1 aromatic rings. The van der Waals surface area contributed by atoms with Crippen LogP contribution >= 0.6 is 0 Å². The minimum absolute atomic E-state index is 0.0910. The van der Waals surface area contributed by atoms with Gasteiger partial charge in [0.2, 0.25) is 0 Å². The molecule has 0 bridgehead atoms. The number of benzene rings is 1. The van der Waals surface area contributed by atoms with E-state index >= 15 is 0 Å². The summed E-state index contributed by atoms with van der Waals surface area (Å²) >= 11 is 0. The van der Waals surface area contributed by atoms with Crippen molar-refractivity contribution in [2.24, 2.45) is 5.16 Å². The smallest absolute Gasteiger partial charge is 0.415 e. The van der Waals surface area contributed by atoms with E-state index in [9.17, 15) is 9.18 Å². The van der Waals surface area contributed by atoms with Crippen LogP contribution in [0.4, 0.5) is 9.18 Å². The van der Waals surface area contributed by atoms with E-state index in [0.29, 0.717) is 30.0 Å². The van der Waals surface area contributed by atoms with E-state index in [0.717, 1.165) is 0 Å². The highest BCUT2D eigenvalue weighted by Gasteiger charge is 2.23. The molecule has 2 rings (SSSR count). The molecule has 7 heteroatoms. The van der Waals surface area contributed by atoms with E-state index < -0.39 is 12.1 Å². The normalized spacial score (nSPS) is 15.1. The number of methoxy groups -OCH3 is 1. The van der Waals surface area contributed by atoms with Gasteiger partial charge in [-0.3, -0.25) is 0 Å². The monoisotopic (exact) mass is 308 g/mol. The Morgan fingerprint density at radius 1 is 1.23 bits per heavy atom. The summed E-state index contributed by atoms with van der Waals surface area (Å²) in [5.41, 5.74) is 0.305. The largest absolute Gasteiger partial charge is 0.497 e. The van der Waals surface area contributed by atoms with Crippen molar-refractivity contribution in [3.05, 3.63) is 35.9 Å². The second-order valence-corrected chi connectivity index (χ2v) is 4.55. The average Bonchev–Trinajstić information content (AvgIpc) is 2.56. The summed E-state index contributed by atoms with van der Waals surface area (Å²) in [4.78, 5) is 17.9. The molecule has 0 saturated heterocycles. The molecule has 0 atom stereocenters. The third kappa shape index (κ3) is 3.97.